The van der Waals surface area contributed by atoms with Crippen molar-refractivity contribution in [2.45, 2.75) is 25.7 Å². The van der Waals surface area contributed by atoms with E-state index >= 15 is 0 Å². The molecule has 0 bridgehead atoms. The topological polar surface area (TPSA) is 60.5 Å². The highest BCUT2D eigenvalue weighted by molar-refractivity contribution is 9.10. The monoisotopic (exact) mass is 314 g/mol. The number of nitrogens with zero attached hydrogens (tertiary/aromatic N) is 1. The highest BCUT2D eigenvalue weighted by Crippen LogP contribution is 2.21. The van der Waals surface area contributed by atoms with Crippen molar-refractivity contribution < 1.29 is 14.3 Å². The first-order valence-electron chi connectivity index (χ1n) is 5.69. The summed E-state index contributed by atoms with van der Waals surface area (Å²) in [5, 5.41) is 2.78. The molecule has 1 aliphatic heterocycles. The molecule has 1 saturated heterocycles. The number of hydrogen-bond donors (Lipinski definition) is 1. The van der Waals surface area contributed by atoms with Gasteiger partial charge in [-0.25, -0.2) is 4.98 Å². The summed E-state index contributed by atoms with van der Waals surface area (Å²) in [6, 6.07) is 5.20. The van der Waals surface area contributed by atoms with Crippen LogP contribution in [0.3, 0.4) is 0 Å². The molecule has 0 radical (unpaired) electrons. The van der Waals surface area contributed by atoms with Gasteiger partial charge in [0.25, 0.3) is 5.91 Å². The number of aromatic nitrogens is 1. The molecular formula is C12H15BrN2O3. The molecule has 0 aliphatic carbocycles. The van der Waals surface area contributed by atoms with Crippen molar-refractivity contribution in [1.29, 1.82) is 0 Å². The predicted octanol–water partition coefficient (Wildman–Crippen LogP) is 1.73. The maximum absolute atomic E-state index is 11.8. The molecule has 1 amide bonds. The van der Waals surface area contributed by atoms with Crippen molar-refractivity contribution in [1.82, 2.24) is 10.3 Å². The van der Waals surface area contributed by atoms with Crippen molar-refractivity contribution in [2.24, 2.45) is 0 Å². The van der Waals surface area contributed by atoms with Crippen molar-refractivity contribution in [3.63, 3.8) is 0 Å². The fourth-order valence-electron chi connectivity index (χ4n) is 1.70. The van der Waals surface area contributed by atoms with Gasteiger partial charge in [-0.05, 0) is 41.9 Å². The van der Waals surface area contributed by atoms with Crippen LogP contribution < -0.4 is 5.32 Å². The Bertz CT molecular complexity index is 451. The fraction of sp³-hybridized carbons (Fsp3) is 0.500. The Hall–Kier alpha value is -0.980. The molecule has 5 nitrogen and oxygen atoms in total. The molecule has 0 spiro atoms. The first-order chi connectivity index (χ1) is 8.46. The number of ether oxygens (including phenoxy) is 2. The van der Waals surface area contributed by atoms with Crippen LogP contribution in [0.4, 0.5) is 0 Å². The molecular weight excluding hydrogens is 300 g/mol. The smallest absolute Gasteiger partial charge is 0.270 e. The minimum Gasteiger partial charge on any atom is -0.348 e. The lowest BCUT2D eigenvalue weighted by Gasteiger charge is -2.17. The van der Waals surface area contributed by atoms with Gasteiger partial charge < -0.3 is 14.8 Å². The Morgan fingerprint density at radius 3 is 3.00 bits per heavy atom. The second-order valence-corrected chi connectivity index (χ2v) is 5.32. The van der Waals surface area contributed by atoms with Gasteiger partial charge in [0.15, 0.2) is 5.79 Å². The average molecular weight is 315 g/mol. The van der Waals surface area contributed by atoms with Gasteiger partial charge in [0.05, 0.1) is 6.61 Å². The van der Waals surface area contributed by atoms with Crippen LogP contribution in [0, 0.1) is 0 Å². The molecule has 0 saturated carbocycles. The fourth-order valence-corrected chi connectivity index (χ4v) is 2.04. The van der Waals surface area contributed by atoms with Gasteiger partial charge in [-0.1, -0.05) is 6.07 Å². The maximum Gasteiger partial charge on any atom is 0.270 e. The Kier molecular flexibility index (Phi) is 3.99. The Balaban J connectivity index is 1.86. The SMILES string of the molecule is CC1(C)OCC(CNC(=O)c2cccc(Br)n2)O1. The van der Waals surface area contributed by atoms with Crippen LogP contribution in [0.1, 0.15) is 24.3 Å². The van der Waals surface area contributed by atoms with E-state index in [-0.39, 0.29) is 12.0 Å². The van der Waals surface area contributed by atoms with Crippen molar-refractivity contribution >= 4 is 21.8 Å². The summed E-state index contributed by atoms with van der Waals surface area (Å²) in [6.45, 7) is 4.60. The standard InChI is InChI=1S/C12H15BrN2O3/c1-12(2)17-7-8(18-12)6-14-11(16)9-4-3-5-10(13)15-9/h3-5,8H,6-7H2,1-2H3,(H,14,16). The summed E-state index contributed by atoms with van der Waals surface area (Å²) in [7, 11) is 0. The summed E-state index contributed by atoms with van der Waals surface area (Å²) >= 11 is 3.23. The van der Waals surface area contributed by atoms with E-state index in [1.165, 1.54) is 0 Å². The Morgan fingerprint density at radius 1 is 1.61 bits per heavy atom. The zero-order chi connectivity index (χ0) is 13.2. The van der Waals surface area contributed by atoms with Gasteiger partial charge in [0, 0.05) is 6.54 Å². The summed E-state index contributed by atoms with van der Waals surface area (Å²) in [5.74, 6) is -0.784. The van der Waals surface area contributed by atoms with E-state index in [2.05, 4.69) is 26.2 Å². The van der Waals surface area contributed by atoms with Crippen LogP contribution in [0.5, 0.6) is 0 Å². The lowest BCUT2D eigenvalue weighted by atomic mass is 10.3. The lowest BCUT2D eigenvalue weighted by molar-refractivity contribution is -0.137. The van der Waals surface area contributed by atoms with Crippen LogP contribution in [-0.4, -0.2) is 35.9 Å². The second-order valence-electron chi connectivity index (χ2n) is 4.51. The number of nitrogens with one attached hydrogen (secondary N) is 1. The Morgan fingerprint density at radius 2 is 2.39 bits per heavy atom. The second kappa shape index (κ2) is 5.34. The van der Waals surface area contributed by atoms with Gasteiger partial charge >= 0.3 is 0 Å². The van der Waals surface area contributed by atoms with E-state index in [1.54, 1.807) is 18.2 Å². The molecule has 1 unspecified atom stereocenters. The minimum absolute atomic E-state index is 0.115. The lowest BCUT2D eigenvalue weighted by Crippen LogP contribution is -2.34. The molecule has 1 fully saturated rings. The van der Waals surface area contributed by atoms with Gasteiger partial charge in [-0.15, -0.1) is 0 Å². The third-order valence-electron chi connectivity index (χ3n) is 2.51. The number of halogens is 1. The van der Waals surface area contributed by atoms with Gasteiger partial charge in [-0.2, -0.15) is 0 Å². The third-order valence-corrected chi connectivity index (χ3v) is 2.95. The number of pyridine rings is 1. The van der Waals surface area contributed by atoms with Gasteiger partial charge in [0.2, 0.25) is 0 Å². The minimum atomic E-state index is -0.566. The summed E-state index contributed by atoms with van der Waals surface area (Å²) in [5.41, 5.74) is 0.377. The van der Waals surface area contributed by atoms with Crippen LogP contribution in [0.2, 0.25) is 0 Å². The molecule has 1 atom stereocenters. The number of amides is 1. The normalized spacial score (nSPS) is 21.8. The molecule has 2 rings (SSSR count). The van der Waals surface area contributed by atoms with E-state index in [0.29, 0.717) is 23.4 Å². The van der Waals surface area contributed by atoms with E-state index in [4.69, 9.17) is 9.47 Å². The maximum atomic E-state index is 11.8. The molecule has 0 aromatic carbocycles. The number of hydrogen-bond acceptors (Lipinski definition) is 4. The average Bonchev–Trinajstić information content (AvgIpc) is 2.66. The van der Waals surface area contributed by atoms with Crippen LogP contribution in [0.25, 0.3) is 0 Å². The summed E-state index contributed by atoms with van der Waals surface area (Å²) < 4.78 is 11.6. The Labute approximate surface area is 114 Å². The van der Waals surface area contributed by atoms with Crippen molar-refractivity contribution in [2.75, 3.05) is 13.2 Å². The van der Waals surface area contributed by atoms with E-state index in [1.807, 2.05) is 13.8 Å². The van der Waals surface area contributed by atoms with E-state index in [9.17, 15) is 4.79 Å². The third kappa shape index (κ3) is 3.51. The molecule has 1 aromatic heterocycles. The van der Waals surface area contributed by atoms with Crippen molar-refractivity contribution in [3.05, 3.63) is 28.5 Å². The molecule has 98 valence electrons. The predicted molar refractivity (Wildman–Crippen MR) is 69.2 cm³/mol. The molecule has 6 heteroatoms. The van der Waals surface area contributed by atoms with Crippen molar-refractivity contribution in [3.8, 4) is 0 Å². The number of carbonyl (C=O) groups is 1. The first kappa shape index (κ1) is 13.5. The van der Waals surface area contributed by atoms with Crippen LogP contribution in [-0.2, 0) is 9.47 Å². The summed E-state index contributed by atoms with van der Waals surface area (Å²) in [6.07, 6.45) is -0.115. The number of carbonyl (C=O) groups excluding carboxylic acids is 1. The molecule has 1 aromatic rings. The molecule has 18 heavy (non-hydrogen) atoms. The first-order valence-corrected chi connectivity index (χ1v) is 6.48. The molecule has 2 heterocycles. The van der Waals surface area contributed by atoms with Crippen LogP contribution in [0.15, 0.2) is 22.8 Å². The van der Waals surface area contributed by atoms with Gasteiger partial charge in [-0.3, -0.25) is 4.79 Å². The van der Waals surface area contributed by atoms with Gasteiger partial charge in [0.1, 0.15) is 16.4 Å². The van der Waals surface area contributed by atoms with E-state index < -0.39 is 5.79 Å². The number of rotatable bonds is 3. The molecule has 1 aliphatic rings. The largest absolute Gasteiger partial charge is 0.348 e. The quantitative estimate of drug-likeness (QED) is 0.863. The zero-order valence-electron chi connectivity index (χ0n) is 10.3. The zero-order valence-corrected chi connectivity index (χ0v) is 11.9. The highest BCUT2D eigenvalue weighted by atomic mass is 79.9. The molecule has 1 N–H and O–H groups in total. The summed E-state index contributed by atoms with van der Waals surface area (Å²) in [4.78, 5) is 15.9. The van der Waals surface area contributed by atoms with E-state index in [0.717, 1.165) is 0 Å². The van der Waals surface area contributed by atoms with Crippen LogP contribution >= 0.6 is 15.9 Å². The highest BCUT2D eigenvalue weighted by Gasteiger charge is 2.32.